The normalized spacial score (nSPS) is 13.7. The maximum absolute atomic E-state index is 2.58. The van der Waals surface area contributed by atoms with Crippen molar-refractivity contribution in [3.63, 3.8) is 0 Å². The van der Waals surface area contributed by atoms with E-state index in [0.717, 1.165) is 28.3 Å². The fourth-order valence-electron chi connectivity index (χ4n) is 14.1. The first-order valence-electron chi connectivity index (χ1n) is 26.5. The smallest absolute Gasteiger partial charge is 0.0740 e. The van der Waals surface area contributed by atoms with Gasteiger partial charge in [-0.15, -0.1) is 0 Å². The Hall–Kier alpha value is -9.76. The van der Waals surface area contributed by atoms with Crippen LogP contribution in [0.25, 0.3) is 72.0 Å². The standard InChI is InChI=1S/C74H48N2/c1-3-20-49(21-4-1)51-38-42-53(43-39-51)75(55-46-47-70-61(48-55)60-28-11-18-36-69(60)76(70)54-44-40-52(41-45-54)50-22-5-2-6-23-50)71-37-19-35-68-72(71)74(64-31-14-9-26-58(64)59-27-10-15-32-65(59)74)67-34-17-16-33-66(67)73(68)62-29-12-7-24-56(62)57-25-8-13-30-63(57)73/h1-48H. The summed E-state index contributed by atoms with van der Waals surface area (Å²) in [5, 5.41) is 2.41. The van der Waals surface area contributed by atoms with Crippen molar-refractivity contribution in [2.75, 3.05) is 4.90 Å². The van der Waals surface area contributed by atoms with E-state index in [2.05, 4.69) is 301 Å². The number of aromatic nitrogens is 1. The fourth-order valence-corrected chi connectivity index (χ4v) is 14.1. The molecule has 0 fully saturated rings. The Balaban J connectivity index is 1.02. The molecule has 0 radical (unpaired) electrons. The van der Waals surface area contributed by atoms with Gasteiger partial charge in [0.15, 0.2) is 0 Å². The van der Waals surface area contributed by atoms with E-state index in [4.69, 9.17) is 0 Å². The molecule has 3 aliphatic rings. The van der Waals surface area contributed by atoms with E-state index >= 15 is 0 Å². The third-order valence-electron chi connectivity index (χ3n) is 17.1. The monoisotopic (exact) mass is 964 g/mol. The molecule has 12 aromatic carbocycles. The summed E-state index contributed by atoms with van der Waals surface area (Å²) in [5.41, 5.74) is 25.9. The molecule has 2 nitrogen and oxygen atoms in total. The highest BCUT2D eigenvalue weighted by Gasteiger charge is 2.60. The van der Waals surface area contributed by atoms with Gasteiger partial charge in [0.05, 0.1) is 27.6 Å². The molecule has 76 heavy (non-hydrogen) atoms. The minimum atomic E-state index is -0.693. The summed E-state index contributed by atoms with van der Waals surface area (Å²) in [6.45, 7) is 0. The second kappa shape index (κ2) is 16.4. The van der Waals surface area contributed by atoms with Crippen LogP contribution in [0.3, 0.4) is 0 Å². The van der Waals surface area contributed by atoms with Crippen molar-refractivity contribution in [1.82, 2.24) is 4.57 Å². The predicted molar refractivity (Wildman–Crippen MR) is 315 cm³/mol. The molecular weight excluding hydrogens is 917 g/mol. The Morgan fingerprint density at radius 3 is 1.24 bits per heavy atom. The van der Waals surface area contributed by atoms with E-state index in [9.17, 15) is 0 Å². The van der Waals surface area contributed by atoms with E-state index < -0.39 is 10.8 Å². The molecular formula is C74H48N2. The molecule has 0 bridgehead atoms. The Kier molecular flexibility index (Phi) is 9.20. The van der Waals surface area contributed by atoms with Gasteiger partial charge < -0.3 is 9.47 Å². The summed E-state index contributed by atoms with van der Waals surface area (Å²) in [4.78, 5) is 2.58. The Labute approximate surface area is 442 Å². The first-order valence-corrected chi connectivity index (χ1v) is 26.5. The lowest BCUT2D eigenvalue weighted by atomic mass is 9.52. The van der Waals surface area contributed by atoms with Crippen molar-refractivity contribution in [3.05, 3.63) is 336 Å². The van der Waals surface area contributed by atoms with Gasteiger partial charge >= 0.3 is 0 Å². The van der Waals surface area contributed by atoms with Gasteiger partial charge in [-0.25, -0.2) is 0 Å². The van der Waals surface area contributed by atoms with Gasteiger partial charge in [-0.2, -0.15) is 0 Å². The van der Waals surface area contributed by atoms with Gasteiger partial charge in [0.2, 0.25) is 0 Å². The summed E-state index contributed by atoms with van der Waals surface area (Å²) in [7, 11) is 0. The Morgan fingerprint density at radius 2 is 0.671 bits per heavy atom. The van der Waals surface area contributed by atoms with Crippen LogP contribution < -0.4 is 4.90 Å². The zero-order valence-electron chi connectivity index (χ0n) is 41.6. The van der Waals surface area contributed by atoms with Gasteiger partial charge in [0.25, 0.3) is 0 Å². The van der Waals surface area contributed by atoms with Gasteiger partial charge in [-0.05, 0) is 138 Å². The zero-order valence-corrected chi connectivity index (χ0v) is 41.6. The van der Waals surface area contributed by atoms with Gasteiger partial charge in [-0.3, -0.25) is 0 Å². The largest absolute Gasteiger partial charge is 0.310 e. The lowest BCUT2D eigenvalue weighted by Crippen LogP contribution is -2.44. The molecule has 0 aliphatic heterocycles. The summed E-state index contributed by atoms with van der Waals surface area (Å²) in [6, 6.07) is 109. The first-order chi connectivity index (χ1) is 37.7. The first kappa shape index (κ1) is 42.7. The van der Waals surface area contributed by atoms with Crippen LogP contribution in [0.1, 0.15) is 44.5 Å². The number of para-hydroxylation sites is 1. The van der Waals surface area contributed by atoms with Crippen LogP contribution in [0.4, 0.5) is 17.1 Å². The number of hydrogen-bond donors (Lipinski definition) is 0. The van der Waals surface area contributed by atoms with E-state index in [1.54, 1.807) is 0 Å². The highest BCUT2D eigenvalue weighted by molar-refractivity contribution is 6.11. The van der Waals surface area contributed by atoms with Crippen molar-refractivity contribution < 1.29 is 0 Å². The third kappa shape index (κ3) is 5.76. The van der Waals surface area contributed by atoms with E-state index in [0.29, 0.717) is 0 Å². The maximum Gasteiger partial charge on any atom is 0.0740 e. The molecule has 2 heteroatoms. The minimum absolute atomic E-state index is 0.622. The molecule has 1 heterocycles. The lowest BCUT2D eigenvalue weighted by Gasteiger charge is -2.50. The molecule has 1 aromatic heterocycles. The third-order valence-corrected chi connectivity index (χ3v) is 17.1. The summed E-state index contributed by atoms with van der Waals surface area (Å²) < 4.78 is 2.43. The molecule has 354 valence electrons. The van der Waals surface area contributed by atoms with Gasteiger partial charge in [0.1, 0.15) is 0 Å². The average Bonchev–Trinajstić information content (AvgIpc) is 4.29. The summed E-state index contributed by atoms with van der Waals surface area (Å²) in [5.74, 6) is 0. The van der Waals surface area contributed by atoms with Gasteiger partial charge in [-0.1, -0.05) is 237 Å². The van der Waals surface area contributed by atoms with Crippen LogP contribution in [-0.2, 0) is 10.8 Å². The topological polar surface area (TPSA) is 8.17 Å². The number of anilines is 3. The van der Waals surface area contributed by atoms with Crippen molar-refractivity contribution in [2.45, 2.75) is 10.8 Å². The zero-order chi connectivity index (χ0) is 50.0. The van der Waals surface area contributed by atoms with Crippen molar-refractivity contribution >= 4 is 38.9 Å². The number of hydrogen-bond acceptors (Lipinski definition) is 1. The molecule has 0 amide bonds. The molecule has 0 N–H and O–H groups in total. The number of nitrogens with zero attached hydrogens (tertiary/aromatic N) is 2. The molecule has 0 atom stereocenters. The van der Waals surface area contributed by atoms with E-state index in [1.165, 1.54) is 105 Å². The van der Waals surface area contributed by atoms with E-state index in [-0.39, 0.29) is 0 Å². The second-order valence-corrected chi connectivity index (χ2v) is 20.6. The molecule has 3 aliphatic carbocycles. The van der Waals surface area contributed by atoms with Crippen LogP contribution in [0.5, 0.6) is 0 Å². The minimum Gasteiger partial charge on any atom is -0.310 e. The van der Waals surface area contributed by atoms with Gasteiger partial charge in [0, 0.05) is 33.4 Å². The molecule has 0 saturated heterocycles. The number of benzene rings is 12. The Bertz CT molecular complexity index is 4360. The fraction of sp³-hybridized carbons (Fsp3) is 0.0270. The SMILES string of the molecule is c1ccc(-c2ccc(N(c3ccc4c(c3)c3ccccc3n4-c3ccc(-c4ccccc4)cc3)c3cccc4c3C3(c5ccccc5-c5ccccc53)c3ccccc3C43c4ccccc4-c4ccccc43)cc2)cc1. The Morgan fingerprint density at radius 1 is 0.263 bits per heavy atom. The number of fused-ring (bicyclic) bond motifs is 19. The molecule has 13 aromatic rings. The lowest BCUT2D eigenvalue weighted by molar-refractivity contribution is 0.633. The number of rotatable bonds is 6. The molecule has 0 unspecified atom stereocenters. The van der Waals surface area contributed by atoms with Crippen LogP contribution in [0.15, 0.2) is 291 Å². The highest BCUT2D eigenvalue weighted by atomic mass is 15.1. The quantitative estimate of drug-likeness (QED) is 0.161. The van der Waals surface area contributed by atoms with Crippen LogP contribution >= 0.6 is 0 Å². The van der Waals surface area contributed by atoms with Crippen LogP contribution in [0, 0.1) is 0 Å². The highest BCUT2D eigenvalue weighted by Crippen LogP contribution is 2.69. The molecule has 16 rings (SSSR count). The van der Waals surface area contributed by atoms with Crippen molar-refractivity contribution in [1.29, 1.82) is 0 Å². The predicted octanol–water partition coefficient (Wildman–Crippen LogP) is 18.6. The maximum atomic E-state index is 2.58. The summed E-state index contributed by atoms with van der Waals surface area (Å²) in [6.07, 6.45) is 0. The molecule has 0 saturated carbocycles. The van der Waals surface area contributed by atoms with E-state index in [1.807, 2.05) is 0 Å². The average molecular weight is 965 g/mol. The summed E-state index contributed by atoms with van der Waals surface area (Å²) >= 11 is 0. The van der Waals surface area contributed by atoms with Crippen LogP contribution in [-0.4, -0.2) is 4.57 Å². The second-order valence-electron chi connectivity index (χ2n) is 20.6. The molecule has 2 spiro atoms. The van der Waals surface area contributed by atoms with Crippen molar-refractivity contribution in [2.24, 2.45) is 0 Å². The van der Waals surface area contributed by atoms with Crippen LogP contribution in [0.2, 0.25) is 0 Å². The van der Waals surface area contributed by atoms with Crippen molar-refractivity contribution in [3.8, 4) is 50.2 Å².